The van der Waals surface area contributed by atoms with Crippen molar-refractivity contribution in [1.82, 2.24) is 20.2 Å². The van der Waals surface area contributed by atoms with Gasteiger partial charge in [0.1, 0.15) is 11.5 Å². The third-order valence-corrected chi connectivity index (χ3v) is 4.06. The van der Waals surface area contributed by atoms with E-state index in [1.54, 1.807) is 13.2 Å². The van der Waals surface area contributed by atoms with Crippen LogP contribution in [-0.2, 0) is 0 Å². The Kier molecular flexibility index (Phi) is 3.23. The maximum absolute atomic E-state index is 6.11. The van der Waals surface area contributed by atoms with E-state index >= 15 is 0 Å². The summed E-state index contributed by atoms with van der Waals surface area (Å²) in [7, 11) is 1.80. The number of anilines is 1. The van der Waals surface area contributed by atoms with Crippen LogP contribution in [0.25, 0.3) is 11.0 Å². The molecule has 2 heterocycles. The van der Waals surface area contributed by atoms with E-state index in [-0.39, 0.29) is 6.10 Å². The molecule has 3 rings (SSSR count). The van der Waals surface area contributed by atoms with Gasteiger partial charge in [-0.2, -0.15) is 15.1 Å². The number of nitrogens with one attached hydrogen (secondary N) is 2. The van der Waals surface area contributed by atoms with Gasteiger partial charge in [-0.3, -0.25) is 5.10 Å². The number of hydrogen-bond acceptors (Lipinski definition) is 5. The Bertz CT molecular complexity index is 597. The molecule has 0 saturated heterocycles. The molecule has 0 aliphatic heterocycles. The summed E-state index contributed by atoms with van der Waals surface area (Å²) in [6.07, 6.45) is 6.49. The molecule has 6 heteroatoms. The van der Waals surface area contributed by atoms with E-state index in [2.05, 4.69) is 39.3 Å². The molecule has 0 spiro atoms. The summed E-state index contributed by atoms with van der Waals surface area (Å²) in [5.74, 6) is 1.17. The molecule has 0 amide bonds. The van der Waals surface area contributed by atoms with E-state index in [4.69, 9.17) is 4.74 Å². The number of aromatic amines is 1. The van der Waals surface area contributed by atoms with Gasteiger partial charge in [0.15, 0.2) is 5.65 Å². The van der Waals surface area contributed by atoms with Gasteiger partial charge in [0, 0.05) is 7.05 Å². The van der Waals surface area contributed by atoms with E-state index in [9.17, 15) is 0 Å². The van der Waals surface area contributed by atoms with Gasteiger partial charge < -0.3 is 10.1 Å². The topological polar surface area (TPSA) is 75.7 Å². The standard InChI is InChI=1S/C14H21N5O/c1-14(2)6-4-9(5-7-14)20-12-10-8-16-19-11(10)17-13(15-3)18-12/h8-9H,4-7H2,1-3H3,(H2,15,16,17,18,19). The van der Waals surface area contributed by atoms with Gasteiger partial charge >= 0.3 is 0 Å². The van der Waals surface area contributed by atoms with Gasteiger partial charge in [0.25, 0.3) is 0 Å². The number of aromatic nitrogens is 4. The second-order valence-corrected chi connectivity index (χ2v) is 6.22. The van der Waals surface area contributed by atoms with Crippen molar-refractivity contribution in [3.8, 4) is 5.88 Å². The SMILES string of the molecule is CNc1nc(OC2CCC(C)(C)CC2)c2cn[nH]c2n1. The van der Waals surface area contributed by atoms with Crippen LogP contribution >= 0.6 is 0 Å². The van der Waals surface area contributed by atoms with Crippen molar-refractivity contribution < 1.29 is 4.74 Å². The van der Waals surface area contributed by atoms with Crippen molar-refractivity contribution in [3.05, 3.63) is 6.20 Å². The number of ether oxygens (including phenoxy) is 1. The van der Waals surface area contributed by atoms with Gasteiger partial charge in [-0.25, -0.2) is 0 Å². The summed E-state index contributed by atoms with van der Waals surface area (Å²) in [4.78, 5) is 8.73. The van der Waals surface area contributed by atoms with Gasteiger partial charge in [-0.1, -0.05) is 13.8 Å². The lowest BCUT2D eigenvalue weighted by atomic mass is 9.76. The van der Waals surface area contributed by atoms with Crippen LogP contribution in [0.3, 0.4) is 0 Å². The lowest BCUT2D eigenvalue weighted by Crippen LogP contribution is -2.28. The van der Waals surface area contributed by atoms with Crippen molar-refractivity contribution in [1.29, 1.82) is 0 Å². The predicted molar refractivity (Wildman–Crippen MR) is 77.9 cm³/mol. The highest BCUT2D eigenvalue weighted by Crippen LogP contribution is 2.37. The van der Waals surface area contributed by atoms with Gasteiger partial charge in [-0.15, -0.1) is 0 Å². The zero-order valence-electron chi connectivity index (χ0n) is 12.2. The van der Waals surface area contributed by atoms with Crippen LogP contribution in [0, 0.1) is 5.41 Å². The molecule has 2 N–H and O–H groups in total. The van der Waals surface area contributed by atoms with Crippen molar-refractivity contribution in [2.45, 2.75) is 45.6 Å². The molecule has 0 bridgehead atoms. The van der Waals surface area contributed by atoms with Crippen LogP contribution in [0.15, 0.2) is 6.20 Å². The van der Waals surface area contributed by atoms with E-state index in [1.807, 2.05) is 0 Å². The molecule has 1 aliphatic carbocycles. The highest BCUT2D eigenvalue weighted by molar-refractivity contribution is 5.80. The number of fused-ring (bicyclic) bond motifs is 1. The third kappa shape index (κ3) is 2.55. The van der Waals surface area contributed by atoms with Crippen LogP contribution in [-0.4, -0.2) is 33.3 Å². The molecule has 0 radical (unpaired) electrons. The van der Waals surface area contributed by atoms with Crippen LogP contribution in [0.4, 0.5) is 5.95 Å². The molecule has 2 aromatic heterocycles. The summed E-state index contributed by atoms with van der Waals surface area (Å²) in [6, 6.07) is 0. The number of rotatable bonds is 3. The van der Waals surface area contributed by atoms with Crippen LogP contribution < -0.4 is 10.1 Å². The normalized spacial score (nSPS) is 19.1. The molecule has 1 fully saturated rings. The predicted octanol–water partition coefficient (Wildman–Crippen LogP) is 2.74. The first-order valence-electron chi connectivity index (χ1n) is 7.13. The molecule has 0 aromatic carbocycles. The Morgan fingerprint density at radius 1 is 1.30 bits per heavy atom. The minimum atomic E-state index is 0.237. The lowest BCUT2D eigenvalue weighted by Gasteiger charge is -2.34. The van der Waals surface area contributed by atoms with E-state index in [0.29, 0.717) is 22.9 Å². The molecular weight excluding hydrogens is 254 g/mol. The average molecular weight is 275 g/mol. The minimum absolute atomic E-state index is 0.237. The highest BCUT2D eigenvalue weighted by Gasteiger charge is 2.28. The fourth-order valence-electron chi connectivity index (χ4n) is 2.66. The maximum Gasteiger partial charge on any atom is 0.229 e. The van der Waals surface area contributed by atoms with Crippen LogP contribution in [0.1, 0.15) is 39.5 Å². The quantitative estimate of drug-likeness (QED) is 0.900. The molecule has 20 heavy (non-hydrogen) atoms. The average Bonchev–Trinajstić information content (AvgIpc) is 2.89. The van der Waals surface area contributed by atoms with E-state index in [0.717, 1.165) is 18.2 Å². The van der Waals surface area contributed by atoms with E-state index in [1.165, 1.54) is 12.8 Å². The first kappa shape index (κ1) is 13.1. The van der Waals surface area contributed by atoms with Gasteiger partial charge in [-0.05, 0) is 31.1 Å². The molecule has 6 nitrogen and oxygen atoms in total. The second-order valence-electron chi connectivity index (χ2n) is 6.22. The lowest BCUT2D eigenvalue weighted by molar-refractivity contribution is 0.0964. The summed E-state index contributed by atoms with van der Waals surface area (Å²) in [6.45, 7) is 4.64. The molecule has 108 valence electrons. The third-order valence-electron chi connectivity index (χ3n) is 4.06. The Morgan fingerprint density at radius 2 is 2.05 bits per heavy atom. The summed E-state index contributed by atoms with van der Waals surface area (Å²) in [5, 5.41) is 10.7. The Balaban J connectivity index is 1.82. The largest absolute Gasteiger partial charge is 0.474 e. The summed E-state index contributed by atoms with van der Waals surface area (Å²) in [5.41, 5.74) is 1.14. The van der Waals surface area contributed by atoms with Crippen LogP contribution in [0.2, 0.25) is 0 Å². The maximum atomic E-state index is 6.11. The summed E-state index contributed by atoms with van der Waals surface area (Å²) < 4.78 is 6.11. The first-order chi connectivity index (χ1) is 9.57. The molecule has 0 unspecified atom stereocenters. The second kappa shape index (κ2) is 4.92. The molecule has 0 atom stereocenters. The highest BCUT2D eigenvalue weighted by atomic mass is 16.5. The minimum Gasteiger partial charge on any atom is -0.474 e. The number of hydrogen-bond donors (Lipinski definition) is 2. The summed E-state index contributed by atoms with van der Waals surface area (Å²) >= 11 is 0. The van der Waals surface area contributed by atoms with Crippen molar-refractivity contribution >= 4 is 17.0 Å². The Labute approximate surface area is 118 Å². The zero-order valence-corrected chi connectivity index (χ0v) is 12.2. The van der Waals surface area contributed by atoms with E-state index < -0.39 is 0 Å². The first-order valence-corrected chi connectivity index (χ1v) is 7.13. The zero-order chi connectivity index (χ0) is 14.2. The van der Waals surface area contributed by atoms with Gasteiger partial charge in [0.05, 0.1) is 6.20 Å². The molecular formula is C14H21N5O. The van der Waals surface area contributed by atoms with Crippen molar-refractivity contribution in [3.63, 3.8) is 0 Å². The van der Waals surface area contributed by atoms with Crippen LogP contribution in [0.5, 0.6) is 5.88 Å². The number of H-pyrrole nitrogens is 1. The smallest absolute Gasteiger partial charge is 0.229 e. The van der Waals surface area contributed by atoms with Crippen molar-refractivity contribution in [2.75, 3.05) is 12.4 Å². The fourth-order valence-corrected chi connectivity index (χ4v) is 2.66. The molecule has 1 saturated carbocycles. The van der Waals surface area contributed by atoms with Gasteiger partial charge in [0.2, 0.25) is 11.8 Å². The monoisotopic (exact) mass is 275 g/mol. The Hall–Kier alpha value is -1.85. The number of nitrogens with zero attached hydrogens (tertiary/aromatic N) is 3. The molecule has 2 aromatic rings. The van der Waals surface area contributed by atoms with Crippen molar-refractivity contribution in [2.24, 2.45) is 5.41 Å². The molecule has 1 aliphatic rings. The fraction of sp³-hybridized carbons (Fsp3) is 0.643. The Morgan fingerprint density at radius 3 is 2.75 bits per heavy atom.